The second-order valence-electron chi connectivity index (χ2n) is 1.96. The van der Waals surface area contributed by atoms with Crippen LogP contribution in [0.1, 0.15) is 5.56 Å². The van der Waals surface area contributed by atoms with Crippen LogP contribution in [0.25, 0.3) is 0 Å². The molecule has 0 aliphatic rings. The molecule has 0 radical (unpaired) electrons. The van der Waals surface area contributed by atoms with Gasteiger partial charge in [-0.1, -0.05) is 0 Å². The molecule has 0 unspecified atom stereocenters. The summed E-state index contributed by atoms with van der Waals surface area (Å²) in [6, 6.07) is 7.39. The van der Waals surface area contributed by atoms with E-state index >= 15 is 0 Å². The Kier molecular flexibility index (Phi) is 3.69. The maximum atomic E-state index is 8.93. The van der Waals surface area contributed by atoms with Crippen LogP contribution in [0, 0.1) is 27.8 Å². The Bertz CT molecular complexity index is 197. The monoisotopic (exact) mass is 377 g/mol. The first-order valence-corrected chi connectivity index (χ1v) is 8.98. The number of benzene rings is 1. The van der Waals surface area contributed by atoms with Crippen molar-refractivity contribution in [1.29, 1.82) is 0 Å². The van der Waals surface area contributed by atoms with Gasteiger partial charge in [-0.2, -0.15) is 0 Å². The van der Waals surface area contributed by atoms with Gasteiger partial charge >= 0.3 is 81.8 Å². The van der Waals surface area contributed by atoms with Crippen LogP contribution in [0.2, 0.25) is 0 Å². The van der Waals surface area contributed by atoms with Gasteiger partial charge in [-0.3, -0.25) is 0 Å². The Balaban J connectivity index is 2.69. The summed E-state index contributed by atoms with van der Waals surface area (Å²) in [5.74, 6) is 1.44. The number of phenols is 1. The van der Waals surface area contributed by atoms with E-state index in [-0.39, 0.29) is 0 Å². The normalized spacial score (nSPS) is 9.80. The molecule has 0 spiro atoms. The van der Waals surface area contributed by atoms with Crippen LogP contribution in [0.4, 0.5) is 0 Å². The molecule has 0 amide bonds. The fourth-order valence-corrected chi connectivity index (χ4v) is 3.12. The topological polar surface area (TPSA) is 20.2 Å². The van der Waals surface area contributed by atoms with E-state index in [0.717, 1.165) is 33.5 Å². The standard InChI is InChI=1S/C7H8OS.U/c8-7-3-1-6(5-9)2-4-7;/h1-4,8-9H,5H2;/q;+1/p-1. The van der Waals surface area contributed by atoms with Crippen LogP contribution < -0.4 is 0 Å². The van der Waals surface area contributed by atoms with Crippen LogP contribution in [0.3, 0.4) is 0 Å². The van der Waals surface area contributed by atoms with E-state index in [1.807, 2.05) is 19.7 Å². The average molecular weight is 377 g/mol. The molecule has 0 heterocycles. The van der Waals surface area contributed by atoms with E-state index in [1.54, 1.807) is 12.1 Å². The van der Waals surface area contributed by atoms with Crippen molar-refractivity contribution in [3.63, 3.8) is 0 Å². The Morgan fingerprint density at radius 1 is 1.30 bits per heavy atom. The van der Waals surface area contributed by atoms with Crippen molar-refractivity contribution in [3.8, 4) is 5.75 Å². The van der Waals surface area contributed by atoms with Crippen molar-refractivity contribution < 1.29 is 32.9 Å². The van der Waals surface area contributed by atoms with E-state index in [0.29, 0.717) is 5.75 Å². The second-order valence-corrected chi connectivity index (χ2v) is 6.14. The quantitative estimate of drug-likeness (QED) is 0.852. The minimum absolute atomic E-state index is 0.352. The molecule has 0 aromatic heterocycles. The molecule has 1 N–H and O–H groups in total. The van der Waals surface area contributed by atoms with E-state index < -0.39 is 0 Å². The zero-order valence-electron chi connectivity index (χ0n) is 5.37. The molecule has 0 bridgehead atoms. The van der Waals surface area contributed by atoms with Crippen LogP contribution in [0.5, 0.6) is 5.75 Å². The molecule has 10 heavy (non-hydrogen) atoms. The van der Waals surface area contributed by atoms with Gasteiger partial charge in [0, 0.05) is 0 Å². The molecule has 1 rings (SSSR count). The van der Waals surface area contributed by atoms with Crippen LogP contribution in [-0.2, 0) is 5.75 Å². The van der Waals surface area contributed by atoms with Crippen LogP contribution in [0.15, 0.2) is 24.3 Å². The van der Waals surface area contributed by atoms with Gasteiger partial charge in [0.2, 0.25) is 0 Å². The fourth-order valence-electron chi connectivity index (χ4n) is 0.676. The number of phenolic OH excluding ortho intramolecular Hbond substituents is 1. The van der Waals surface area contributed by atoms with Gasteiger partial charge in [0.05, 0.1) is 0 Å². The molecule has 51 valence electrons. The first-order chi connectivity index (χ1) is 4.83. The van der Waals surface area contributed by atoms with Crippen LogP contribution >= 0.6 is 7.59 Å². The third-order valence-corrected chi connectivity index (χ3v) is 3.46. The molecular formula is C7H7OSU. The zero-order chi connectivity index (χ0) is 7.40. The van der Waals surface area contributed by atoms with Crippen molar-refractivity contribution >= 4 is 7.59 Å². The summed E-state index contributed by atoms with van der Waals surface area (Å²) in [4.78, 5) is 0. The van der Waals surface area contributed by atoms with Gasteiger partial charge in [-0.25, -0.2) is 0 Å². The predicted molar refractivity (Wildman–Crippen MR) is 39.4 cm³/mol. The Morgan fingerprint density at radius 2 is 1.90 bits per heavy atom. The SMILES string of the molecule is Oc1ccc(C[S][U])cc1. The van der Waals surface area contributed by atoms with Gasteiger partial charge in [0.15, 0.2) is 0 Å². The first kappa shape index (κ1) is 8.52. The van der Waals surface area contributed by atoms with Crippen LogP contribution in [-0.4, -0.2) is 5.11 Å². The Morgan fingerprint density at radius 3 is 2.40 bits per heavy atom. The summed E-state index contributed by atoms with van der Waals surface area (Å²) in [7, 11) is 1.95. The molecule has 0 aliphatic carbocycles. The molecule has 0 saturated heterocycles. The molecule has 3 heteroatoms. The molecule has 1 aromatic rings. The van der Waals surface area contributed by atoms with Crippen molar-refractivity contribution in [2.24, 2.45) is 0 Å². The summed E-state index contributed by atoms with van der Waals surface area (Å²) >= 11 is 0.988. The second kappa shape index (κ2) is 4.33. The van der Waals surface area contributed by atoms with Crippen molar-refractivity contribution in [3.05, 3.63) is 29.8 Å². The van der Waals surface area contributed by atoms with Gasteiger partial charge in [-0.15, -0.1) is 0 Å². The number of hydrogen-bond donors (Lipinski definition) is 1. The van der Waals surface area contributed by atoms with Gasteiger partial charge in [0.1, 0.15) is 0 Å². The fraction of sp³-hybridized carbons (Fsp3) is 0.143. The van der Waals surface area contributed by atoms with E-state index in [4.69, 9.17) is 5.11 Å². The third-order valence-electron chi connectivity index (χ3n) is 1.18. The van der Waals surface area contributed by atoms with Gasteiger partial charge < -0.3 is 0 Å². The summed E-state index contributed by atoms with van der Waals surface area (Å²) < 4.78 is 0. The van der Waals surface area contributed by atoms with Crippen molar-refractivity contribution in [2.75, 3.05) is 0 Å². The van der Waals surface area contributed by atoms with E-state index in [2.05, 4.69) is 0 Å². The molecule has 1 nitrogen and oxygen atoms in total. The van der Waals surface area contributed by atoms with E-state index in [1.165, 1.54) is 5.56 Å². The summed E-state index contributed by atoms with van der Waals surface area (Å²) in [6.07, 6.45) is 0. The summed E-state index contributed by atoms with van der Waals surface area (Å²) in [6.45, 7) is 0. The number of aromatic hydroxyl groups is 1. The van der Waals surface area contributed by atoms with Crippen molar-refractivity contribution in [1.82, 2.24) is 0 Å². The Hall–Kier alpha value is 0.422. The molecule has 0 aliphatic heterocycles. The molecule has 0 atom stereocenters. The molecule has 0 fully saturated rings. The molecule has 0 saturated carbocycles. The summed E-state index contributed by atoms with van der Waals surface area (Å²) in [5.41, 5.74) is 1.30. The average Bonchev–Trinajstić information content (AvgIpc) is 1.95. The summed E-state index contributed by atoms with van der Waals surface area (Å²) in [5, 5.41) is 8.93. The first-order valence-electron chi connectivity index (χ1n) is 2.89. The molecule has 1 aromatic carbocycles. The predicted octanol–water partition coefficient (Wildman–Crippen LogP) is 2.09. The van der Waals surface area contributed by atoms with Gasteiger partial charge in [-0.05, 0) is 0 Å². The number of rotatable bonds is 2. The zero-order valence-corrected chi connectivity index (χ0v) is 10.4. The third kappa shape index (κ3) is 2.58. The molecular weight excluding hydrogens is 370 g/mol. The number of hydrogen-bond acceptors (Lipinski definition) is 2. The van der Waals surface area contributed by atoms with E-state index in [9.17, 15) is 0 Å². The van der Waals surface area contributed by atoms with Gasteiger partial charge in [0.25, 0.3) is 0 Å². The maximum absolute atomic E-state index is 8.93. The minimum atomic E-state index is 0.352. The Labute approximate surface area is 81.3 Å². The van der Waals surface area contributed by atoms with Crippen molar-refractivity contribution in [2.45, 2.75) is 5.75 Å².